The molecule has 122 valence electrons. The molecule has 0 saturated heterocycles. The van der Waals surface area contributed by atoms with Crippen molar-refractivity contribution in [3.8, 4) is 0 Å². The van der Waals surface area contributed by atoms with Gasteiger partial charge in [-0.1, -0.05) is 43.7 Å². The minimum absolute atomic E-state index is 0.200. The molecule has 23 heavy (non-hydrogen) atoms. The fraction of sp³-hybridized carbons (Fsp3) is 0.222. The van der Waals surface area contributed by atoms with Crippen LogP contribution >= 0.6 is 11.6 Å². The summed E-state index contributed by atoms with van der Waals surface area (Å²) in [4.78, 5) is 0.205. The number of sulfonamides is 1. The van der Waals surface area contributed by atoms with Crippen LogP contribution in [0.5, 0.6) is 0 Å². The van der Waals surface area contributed by atoms with E-state index in [0.29, 0.717) is 16.6 Å². The molecule has 5 heteroatoms. The summed E-state index contributed by atoms with van der Waals surface area (Å²) in [5.41, 5.74) is 1.78. The molecule has 0 aliphatic rings. The highest BCUT2D eigenvalue weighted by atomic mass is 35.5. The van der Waals surface area contributed by atoms with Gasteiger partial charge in [-0.05, 0) is 47.9 Å². The van der Waals surface area contributed by atoms with E-state index in [0.717, 1.165) is 5.56 Å². The summed E-state index contributed by atoms with van der Waals surface area (Å²) >= 11 is 5.84. The van der Waals surface area contributed by atoms with E-state index in [2.05, 4.69) is 20.4 Å². The molecule has 0 atom stereocenters. The van der Waals surface area contributed by atoms with Gasteiger partial charge in [-0.25, -0.2) is 8.42 Å². The molecule has 2 aromatic rings. The monoisotopic (exact) mass is 349 g/mol. The van der Waals surface area contributed by atoms with Crippen molar-refractivity contribution < 1.29 is 8.42 Å². The predicted octanol–water partition coefficient (Wildman–Crippen LogP) is 4.84. The van der Waals surface area contributed by atoms with Gasteiger partial charge in [0.1, 0.15) is 0 Å². The summed E-state index contributed by atoms with van der Waals surface area (Å²) < 4.78 is 27.1. The van der Waals surface area contributed by atoms with Crippen molar-refractivity contribution in [3.05, 3.63) is 71.8 Å². The fourth-order valence-corrected chi connectivity index (χ4v) is 3.78. The zero-order chi connectivity index (χ0) is 17.0. The van der Waals surface area contributed by atoms with E-state index >= 15 is 0 Å². The number of hydrogen-bond donors (Lipinski definition) is 0. The average Bonchev–Trinajstić information content (AvgIpc) is 2.53. The van der Waals surface area contributed by atoms with E-state index in [1.807, 2.05) is 24.3 Å². The minimum Gasteiger partial charge on any atom is -0.263 e. The summed E-state index contributed by atoms with van der Waals surface area (Å²) in [5.74, 6) is 0.393. The van der Waals surface area contributed by atoms with Gasteiger partial charge in [0.15, 0.2) is 0 Å². The summed E-state index contributed by atoms with van der Waals surface area (Å²) in [7, 11) is -3.66. The second-order valence-corrected chi connectivity index (χ2v) is 7.82. The number of anilines is 1. The Balaban J connectivity index is 2.44. The van der Waals surface area contributed by atoms with Gasteiger partial charge in [0.25, 0.3) is 10.0 Å². The first-order chi connectivity index (χ1) is 10.9. The molecule has 0 fully saturated rings. The van der Waals surface area contributed by atoms with Crippen molar-refractivity contribution in [1.82, 2.24) is 0 Å². The molecule has 0 spiro atoms. The third-order valence-electron chi connectivity index (χ3n) is 3.54. The molecule has 0 aromatic heterocycles. The highest BCUT2D eigenvalue weighted by Gasteiger charge is 2.23. The maximum atomic E-state index is 12.9. The number of rotatable bonds is 6. The topological polar surface area (TPSA) is 37.4 Å². The summed E-state index contributed by atoms with van der Waals surface area (Å²) in [5, 5.41) is 0.500. The molecule has 0 aliphatic carbocycles. The molecule has 2 rings (SSSR count). The molecule has 0 amide bonds. The van der Waals surface area contributed by atoms with Gasteiger partial charge < -0.3 is 0 Å². The Hall–Kier alpha value is -1.78. The van der Waals surface area contributed by atoms with Crippen LogP contribution in [0, 0.1) is 0 Å². The van der Waals surface area contributed by atoms with Crippen LogP contribution in [0.4, 0.5) is 5.69 Å². The maximum absolute atomic E-state index is 12.9. The number of hydrogen-bond acceptors (Lipinski definition) is 2. The molecule has 0 unspecified atom stereocenters. The second kappa shape index (κ2) is 7.20. The largest absolute Gasteiger partial charge is 0.264 e. The van der Waals surface area contributed by atoms with E-state index in [1.165, 1.54) is 16.4 Å². The van der Waals surface area contributed by atoms with E-state index in [-0.39, 0.29) is 11.4 Å². The quantitative estimate of drug-likeness (QED) is 0.699. The lowest BCUT2D eigenvalue weighted by atomic mass is 10.0. The van der Waals surface area contributed by atoms with Gasteiger partial charge in [0.05, 0.1) is 17.1 Å². The van der Waals surface area contributed by atoms with Crippen LogP contribution in [0.3, 0.4) is 0 Å². The fourth-order valence-electron chi connectivity index (χ4n) is 2.22. The molecular formula is C18H20ClNO2S. The standard InChI is InChI=1S/C18H20ClNO2S/c1-4-13-20(17-9-5-15(6-10-17)14(2)3)23(21,22)18-11-7-16(19)8-12-18/h4-12,14H,1,13H2,2-3H3. The molecular weight excluding hydrogens is 330 g/mol. The molecule has 2 aromatic carbocycles. The molecule has 0 N–H and O–H groups in total. The van der Waals surface area contributed by atoms with E-state index < -0.39 is 10.0 Å². The van der Waals surface area contributed by atoms with Gasteiger partial charge in [-0.3, -0.25) is 4.31 Å². The van der Waals surface area contributed by atoms with Crippen molar-refractivity contribution in [2.24, 2.45) is 0 Å². The molecule has 0 heterocycles. The van der Waals surface area contributed by atoms with Crippen LogP contribution < -0.4 is 4.31 Å². The summed E-state index contributed by atoms with van der Waals surface area (Å²) in [6.45, 7) is 8.06. The lowest BCUT2D eigenvalue weighted by Crippen LogP contribution is -2.31. The van der Waals surface area contributed by atoms with Crippen LogP contribution in [0.1, 0.15) is 25.3 Å². The van der Waals surface area contributed by atoms with Crippen LogP contribution in [-0.4, -0.2) is 15.0 Å². The highest BCUT2D eigenvalue weighted by molar-refractivity contribution is 7.92. The zero-order valence-corrected chi connectivity index (χ0v) is 14.8. The van der Waals surface area contributed by atoms with Crippen LogP contribution in [-0.2, 0) is 10.0 Å². The smallest absolute Gasteiger partial charge is 0.263 e. The lowest BCUT2D eigenvalue weighted by Gasteiger charge is -2.23. The first kappa shape index (κ1) is 17.6. The van der Waals surface area contributed by atoms with Crippen LogP contribution in [0.2, 0.25) is 5.02 Å². The highest BCUT2D eigenvalue weighted by Crippen LogP contribution is 2.26. The van der Waals surface area contributed by atoms with Gasteiger partial charge >= 0.3 is 0 Å². The predicted molar refractivity (Wildman–Crippen MR) is 96.7 cm³/mol. The Bertz CT molecular complexity index is 766. The number of nitrogens with zero attached hydrogens (tertiary/aromatic N) is 1. The minimum atomic E-state index is -3.66. The number of halogens is 1. The normalized spacial score (nSPS) is 11.5. The summed E-state index contributed by atoms with van der Waals surface area (Å²) in [6.07, 6.45) is 1.57. The van der Waals surface area contributed by atoms with Gasteiger partial charge in [-0.15, -0.1) is 6.58 Å². The Morgan fingerprint density at radius 3 is 2.13 bits per heavy atom. The first-order valence-corrected chi connectivity index (χ1v) is 9.17. The van der Waals surface area contributed by atoms with Gasteiger partial charge in [-0.2, -0.15) is 0 Å². The third-order valence-corrected chi connectivity index (χ3v) is 5.60. The summed E-state index contributed by atoms with van der Waals surface area (Å²) in [6, 6.07) is 13.7. The third kappa shape index (κ3) is 3.95. The second-order valence-electron chi connectivity index (χ2n) is 5.52. The van der Waals surface area contributed by atoms with Crippen molar-refractivity contribution in [3.63, 3.8) is 0 Å². The molecule has 0 aliphatic heterocycles. The van der Waals surface area contributed by atoms with Crippen molar-refractivity contribution in [2.45, 2.75) is 24.7 Å². The molecule has 0 bridgehead atoms. The zero-order valence-electron chi connectivity index (χ0n) is 13.2. The van der Waals surface area contributed by atoms with E-state index in [4.69, 9.17) is 11.6 Å². The van der Waals surface area contributed by atoms with Crippen molar-refractivity contribution in [1.29, 1.82) is 0 Å². The molecule has 0 radical (unpaired) electrons. The lowest BCUT2D eigenvalue weighted by molar-refractivity contribution is 0.593. The number of benzene rings is 2. The molecule has 0 saturated carbocycles. The maximum Gasteiger partial charge on any atom is 0.264 e. The first-order valence-electron chi connectivity index (χ1n) is 7.35. The Labute approximate surface area is 143 Å². The Morgan fingerprint density at radius 2 is 1.65 bits per heavy atom. The van der Waals surface area contributed by atoms with Crippen LogP contribution in [0.15, 0.2) is 66.1 Å². The van der Waals surface area contributed by atoms with E-state index in [1.54, 1.807) is 18.2 Å². The average molecular weight is 350 g/mol. The SMILES string of the molecule is C=CCN(c1ccc(C(C)C)cc1)S(=O)(=O)c1ccc(Cl)cc1. The van der Waals surface area contributed by atoms with Crippen molar-refractivity contribution >= 4 is 27.3 Å². The molecule has 3 nitrogen and oxygen atoms in total. The Morgan fingerprint density at radius 1 is 1.09 bits per heavy atom. The van der Waals surface area contributed by atoms with E-state index in [9.17, 15) is 8.42 Å². The van der Waals surface area contributed by atoms with Crippen LogP contribution in [0.25, 0.3) is 0 Å². The van der Waals surface area contributed by atoms with Gasteiger partial charge in [0.2, 0.25) is 0 Å². The Kier molecular flexibility index (Phi) is 5.50. The van der Waals surface area contributed by atoms with Crippen molar-refractivity contribution in [2.75, 3.05) is 10.8 Å². The van der Waals surface area contributed by atoms with Gasteiger partial charge in [0, 0.05) is 5.02 Å².